The number of fused-ring (bicyclic) bond motifs is 1. The first kappa shape index (κ1) is 13.6. The first-order chi connectivity index (χ1) is 9.76. The van der Waals surface area contributed by atoms with E-state index in [1.54, 1.807) is 6.20 Å². The van der Waals surface area contributed by atoms with Gasteiger partial charge >= 0.3 is 0 Å². The molecular formula is C16H11Br2NO. The summed E-state index contributed by atoms with van der Waals surface area (Å²) in [7, 11) is 0. The minimum atomic E-state index is 0.751. The molecule has 0 fully saturated rings. The van der Waals surface area contributed by atoms with Crippen LogP contribution in [0.3, 0.4) is 0 Å². The van der Waals surface area contributed by atoms with Crippen molar-refractivity contribution < 1.29 is 4.74 Å². The van der Waals surface area contributed by atoms with Gasteiger partial charge in [-0.3, -0.25) is 4.98 Å². The molecule has 0 aliphatic carbocycles. The summed E-state index contributed by atoms with van der Waals surface area (Å²) in [6.07, 6.45) is 1.79. The van der Waals surface area contributed by atoms with Gasteiger partial charge in [-0.2, -0.15) is 0 Å². The van der Waals surface area contributed by atoms with Crippen molar-refractivity contribution in [1.29, 1.82) is 0 Å². The number of hydrogen-bond donors (Lipinski definition) is 0. The predicted molar refractivity (Wildman–Crippen MR) is 88.6 cm³/mol. The lowest BCUT2D eigenvalue weighted by Gasteiger charge is -2.10. The fourth-order valence-electron chi connectivity index (χ4n) is 1.97. The van der Waals surface area contributed by atoms with Crippen molar-refractivity contribution >= 4 is 42.8 Å². The van der Waals surface area contributed by atoms with Crippen LogP contribution in [0, 0.1) is 0 Å². The van der Waals surface area contributed by atoms with E-state index in [1.807, 2.05) is 48.5 Å². The van der Waals surface area contributed by atoms with Gasteiger partial charge in [0.2, 0.25) is 0 Å². The normalized spacial score (nSPS) is 10.7. The second-order valence-electron chi connectivity index (χ2n) is 4.35. The van der Waals surface area contributed by atoms with E-state index in [0.29, 0.717) is 0 Å². The predicted octanol–water partition coefficient (Wildman–Crippen LogP) is 5.68. The van der Waals surface area contributed by atoms with Crippen LogP contribution in [0.25, 0.3) is 10.9 Å². The molecule has 0 unspecified atom stereocenters. The number of pyridine rings is 1. The third kappa shape index (κ3) is 2.86. The van der Waals surface area contributed by atoms with Gasteiger partial charge in [0, 0.05) is 33.0 Å². The fraction of sp³-hybridized carbons (Fsp3) is 0.0625. The Labute approximate surface area is 134 Å². The minimum Gasteiger partial charge on any atom is -0.457 e. The summed E-state index contributed by atoms with van der Waals surface area (Å²) in [5.74, 6) is 1.63. The van der Waals surface area contributed by atoms with E-state index in [9.17, 15) is 0 Å². The quantitative estimate of drug-likeness (QED) is 0.534. The molecule has 100 valence electrons. The highest BCUT2D eigenvalue weighted by Gasteiger charge is 2.06. The molecule has 0 spiro atoms. The molecule has 0 aliphatic heterocycles. The number of rotatable bonds is 3. The van der Waals surface area contributed by atoms with Crippen LogP contribution in [0.2, 0.25) is 0 Å². The van der Waals surface area contributed by atoms with E-state index < -0.39 is 0 Å². The van der Waals surface area contributed by atoms with Crippen molar-refractivity contribution in [2.24, 2.45) is 0 Å². The molecule has 0 radical (unpaired) electrons. The molecule has 0 saturated carbocycles. The molecule has 3 rings (SSSR count). The highest BCUT2D eigenvalue weighted by Crippen LogP contribution is 2.31. The number of alkyl halides is 1. The Morgan fingerprint density at radius 1 is 1.05 bits per heavy atom. The van der Waals surface area contributed by atoms with Gasteiger partial charge in [-0.05, 0) is 30.3 Å². The van der Waals surface area contributed by atoms with Crippen LogP contribution in [0.4, 0.5) is 0 Å². The van der Waals surface area contributed by atoms with Crippen LogP contribution in [0.1, 0.15) is 5.56 Å². The van der Waals surface area contributed by atoms with Crippen LogP contribution in [-0.2, 0) is 5.33 Å². The molecule has 2 nitrogen and oxygen atoms in total. The van der Waals surface area contributed by atoms with E-state index >= 15 is 0 Å². The second-order valence-corrected chi connectivity index (χ2v) is 5.82. The smallest absolute Gasteiger partial charge is 0.132 e. The molecule has 0 saturated heterocycles. The summed E-state index contributed by atoms with van der Waals surface area (Å²) >= 11 is 6.95. The van der Waals surface area contributed by atoms with E-state index in [4.69, 9.17) is 4.74 Å². The molecule has 0 bridgehead atoms. The minimum absolute atomic E-state index is 0.751. The van der Waals surface area contributed by atoms with E-state index in [1.165, 1.54) is 0 Å². The van der Waals surface area contributed by atoms with Crippen molar-refractivity contribution in [1.82, 2.24) is 4.98 Å². The summed E-state index contributed by atoms with van der Waals surface area (Å²) in [5.41, 5.74) is 2.04. The van der Waals surface area contributed by atoms with E-state index in [-0.39, 0.29) is 0 Å². The Balaban J connectivity index is 1.98. The molecule has 0 N–H and O–H groups in total. The Morgan fingerprint density at radius 3 is 2.80 bits per heavy atom. The standard InChI is InChI=1S/C16H11Br2NO/c17-10-12-3-5-13(18)8-16(12)20-14-6-4-11-2-1-7-19-15(11)9-14/h1-9H,10H2. The molecule has 20 heavy (non-hydrogen) atoms. The molecule has 2 aromatic carbocycles. The number of ether oxygens (including phenoxy) is 1. The summed E-state index contributed by atoms with van der Waals surface area (Å²) in [6, 6.07) is 15.9. The third-order valence-electron chi connectivity index (χ3n) is 2.98. The van der Waals surface area contributed by atoms with Crippen LogP contribution in [-0.4, -0.2) is 4.98 Å². The second kappa shape index (κ2) is 5.94. The van der Waals surface area contributed by atoms with Gasteiger partial charge in [0.05, 0.1) is 5.52 Å². The van der Waals surface area contributed by atoms with Gasteiger partial charge in [0.25, 0.3) is 0 Å². The lowest BCUT2D eigenvalue weighted by Crippen LogP contribution is -1.90. The molecule has 1 heterocycles. The Bertz CT molecular complexity index is 758. The van der Waals surface area contributed by atoms with Crippen LogP contribution in [0.15, 0.2) is 59.2 Å². The molecule has 0 aliphatic rings. The summed E-state index contributed by atoms with van der Waals surface area (Å²) in [5, 5.41) is 1.86. The Kier molecular flexibility index (Phi) is 4.03. The fourth-order valence-corrected chi connectivity index (χ4v) is 2.77. The summed E-state index contributed by atoms with van der Waals surface area (Å²) in [4.78, 5) is 4.35. The van der Waals surface area contributed by atoms with Crippen LogP contribution < -0.4 is 4.74 Å². The molecular weight excluding hydrogens is 382 g/mol. The molecule has 3 aromatic rings. The molecule has 1 aromatic heterocycles. The summed E-state index contributed by atoms with van der Waals surface area (Å²) < 4.78 is 6.99. The largest absolute Gasteiger partial charge is 0.457 e. The van der Waals surface area contributed by atoms with Gasteiger partial charge < -0.3 is 4.74 Å². The van der Waals surface area contributed by atoms with Gasteiger partial charge in [-0.15, -0.1) is 0 Å². The van der Waals surface area contributed by atoms with Gasteiger partial charge in [-0.1, -0.05) is 44.0 Å². The Morgan fingerprint density at radius 2 is 1.95 bits per heavy atom. The lowest BCUT2D eigenvalue weighted by molar-refractivity contribution is 0.479. The molecule has 0 atom stereocenters. The summed E-state index contributed by atoms with van der Waals surface area (Å²) in [6.45, 7) is 0. The maximum Gasteiger partial charge on any atom is 0.132 e. The highest BCUT2D eigenvalue weighted by atomic mass is 79.9. The Hall–Kier alpha value is -1.39. The van der Waals surface area contributed by atoms with Crippen LogP contribution in [0.5, 0.6) is 11.5 Å². The first-order valence-electron chi connectivity index (χ1n) is 6.13. The molecule has 0 amide bonds. The maximum atomic E-state index is 5.99. The monoisotopic (exact) mass is 391 g/mol. The first-order valence-corrected chi connectivity index (χ1v) is 8.05. The number of nitrogens with zero attached hydrogens (tertiary/aromatic N) is 1. The zero-order chi connectivity index (χ0) is 13.9. The number of halogens is 2. The average Bonchev–Trinajstić information content (AvgIpc) is 2.47. The van der Waals surface area contributed by atoms with Gasteiger partial charge in [0.15, 0.2) is 0 Å². The van der Waals surface area contributed by atoms with Crippen molar-refractivity contribution in [3.8, 4) is 11.5 Å². The van der Waals surface area contributed by atoms with Gasteiger partial charge in [0.1, 0.15) is 11.5 Å². The lowest BCUT2D eigenvalue weighted by atomic mass is 10.2. The maximum absolute atomic E-state index is 5.99. The van der Waals surface area contributed by atoms with Crippen molar-refractivity contribution in [3.05, 3.63) is 64.8 Å². The van der Waals surface area contributed by atoms with Gasteiger partial charge in [-0.25, -0.2) is 0 Å². The highest BCUT2D eigenvalue weighted by molar-refractivity contribution is 9.10. The van der Waals surface area contributed by atoms with Crippen molar-refractivity contribution in [3.63, 3.8) is 0 Å². The van der Waals surface area contributed by atoms with Crippen molar-refractivity contribution in [2.45, 2.75) is 5.33 Å². The van der Waals surface area contributed by atoms with E-state index in [0.717, 1.165) is 37.8 Å². The van der Waals surface area contributed by atoms with E-state index in [2.05, 4.69) is 36.8 Å². The number of benzene rings is 2. The van der Waals surface area contributed by atoms with Crippen molar-refractivity contribution in [2.75, 3.05) is 0 Å². The zero-order valence-corrected chi connectivity index (χ0v) is 13.7. The third-order valence-corrected chi connectivity index (χ3v) is 4.08. The number of aromatic nitrogens is 1. The number of hydrogen-bond acceptors (Lipinski definition) is 2. The SMILES string of the molecule is BrCc1ccc(Br)cc1Oc1ccc2cccnc2c1. The molecule has 4 heteroatoms. The zero-order valence-electron chi connectivity index (χ0n) is 10.5. The van der Waals surface area contributed by atoms with Crippen LogP contribution >= 0.6 is 31.9 Å². The topological polar surface area (TPSA) is 22.1 Å². The average molecular weight is 393 g/mol.